The van der Waals surface area contributed by atoms with Gasteiger partial charge in [0.1, 0.15) is 5.92 Å². The number of allylic oxidation sites excluding steroid dienone is 2. The molecule has 1 aliphatic carbocycles. The molecule has 1 heterocycles. The first kappa shape index (κ1) is 17.8. The summed E-state index contributed by atoms with van der Waals surface area (Å²) in [6, 6.07) is 6.22. The third kappa shape index (κ3) is 3.00. The molecule has 0 aromatic heterocycles. The van der Waals surface area contributed by atoms with E-state index in [9.17, 15) is 19.7 Å². The highest BCUT2D eigenvalue weighted by molar-refractivity contribution is 6.00. The molecule has 136 valence electrons. The minimum atomic E-state index is -0.892. The van der Waals surface area contributed by atoms with E-state index in [4.69, 9.17) is 4.74 Å². The number of nitrogens with zero attached hydrogens (tertiary/aromatic N) is 1. The van der Waals surface area contributed by atoms with Crippen molar-refractivity contribution in [3.8, 4) is 0 Å². The van der Waals surface area contributed by atoms with Gasteiger partial charge in [-0.05, 0) is 19.8 Å². The van der Waals surface area contributed by atoms with Crippen LogP contribution in [0.3, 0.4) is 0 Å². The maximum absolute atomic E-state index is 12.7. The minimum absolute atomic E-state index is 0.0938. The van der Waals surface area contributed by atoms with Gasteiger partial charge in [0.2, 0.25) is 0 Å². The molecule has 0 spiro atoms. The van der Waals surface area contributed by atoms with Gasteiger partial charge in [-0.2, -0.15) is 0 Å². The van der Waals surface area contributed by atoms with E-state index in [1.165, 1.54) is 6.07 Å². The first-order chi connectivity index (χ1) is 12.5. The van der Waals surface area contributed by atoms with E-state index in [0.29, 0.717) is 41.8 Å². The van der Waals surface area contributed by atoms with Crippen LogP contribution in [0.25, 0.3) is 0 Å². The van der Waals surface area contributed by atoms with Crippen LogP contribution >= 0.6 is 0 Å². The predicted molar refractivity (Wildman–Crippen MR) is 94.1 cm³/mol. The van der Waals surface area contributed by atoms with Crippen molar-refractivity contribution in [3.05, 3.63) is 63.5 Å². The van der Waals surface area contributed by atoms with E-state index in [0.717, 1.165) is 0 Å². The maximum Gasteiger partial charge on any atom is 0.315 e. The third-order valence-electron chi connectivity index (χ3n) is 4.80. The van der Waals surface area contributed by atoms with Crippen molar-refractivity contribution in [1.82, 2.24) is 5.32 Å². The van der Waals surface area contributed by atoms with Crippen LogP contribution < -0.4 is 5.32 Å². The number of Topliss-reactive ketones (excluding diaryl/α,β-unsaturated/α-hetero) is 1. The number of para-hydroxylation sites is 1. The Morgan fingerprint density at radius 2 is 2.12 bits per heavy atom. The van der Waals surface area contributed by atoms with Gasteiger partial charge in [-0.1, -0.05) is 24.8 Å². The highest BCUT2D eigenvalue weighted by atomic mass is 16.6. The summed E-state index contributed by atoms with van der Waals surface area (Å²) in [6.45, 7) is 5.80. The van der Waals surface area contributed by atoms with E-state index in [-0.39, 0.29) is 18.1 Å². The molecule has 2 aliphatic rings. The Morgan fingerprint density at radius 3 is 2.81 bits per heavy atom. The molecule has 1 aromatic rings. The van der Waals surface area contributed by atoms with E-state index in [2.05, 4.69) is 11.9 Å². The van der Waals surface area contributed by atoms with Gasteiger partial charge >= 0.3 is 5.97 Å². The van der Waals surface area contributed by atoms with Crippen molar-refractivity contribution in [2.45, 2.75) is 32.1 Å². The van der Waals surface area contributed by atoms with Crippen molar-refractivity contribution >= 4 is 17.4 Å². The second-order valence-corrected chi connectivity index (χ2v) is 6.34. The molecule has 2 atom stereocenters. The summed E-state index contributed by atoms with van der Waals surface area (Å²) in [5.41, 5.74) is 1.76. The Labute approximate surface area is 150 Å². The molecule has 26 heavy (non-hydrogen) atoms. The number of benzene rings is 1. The van der Waals surface area contributed by atoms with E-state index >= 15 is 0 Å². The zero-order valence-corrected chi connectivity index (χ0v) is 14.5. The molecular weight excluding hydrogens is 336 g/mol. The van der Waals surface area contributed by atoms with Gasteiger partial charge in [-0.25, -0.2) is 0 Å². The van der Waals surface area contributed by atoms with Crippen LogP contribution in [-0.2, 0) is 14.3 Å². The van der Waals surface area contributed by atoms with Crippen molar-refractivity contribution < 1.29 is 19.2 Å². The lowest BCUT2D eigenvalue weighted by molar-refractivity contribution is -0.385. The zero-order chi connectivity index (χ0) is 18.8. The number of nitro groups is 1. The molecule has 1 aromatic carbocycles. The fourth-order valence-corrected chi connectivity index (χ4v) is 3.76. The molecule has 0 bridgehead atoms. The van der Waals surface area contributed by atoms with Crippen LogP contribution in [0.15, 0.2) is 47.8 Å². The number of carbonyl (C=O) groups excluding carboxylic acids is 2. The van der Waals surface area contributed by atoms with Crippen LogP contribution in [-0.4, -0.2) is 23.3 Å². The van der Waals surface area contributed by atoms with Crippen LogP contribution in [0.1, 0.15) is 37.7 Å². The average Bonchev–Trinajstić information content (AvgIpc) is 2.60. The monoisotopic (exact) mass is 356 g/mol. The normalized spacial score (nSPS) is 22.5. The molecule has 0 amide bonds. The number of nitro benzene ring substituents is 1. The fraction of sp³-hybridized carbons (Fsp3) is 0.368. The first-order valence-electron chi connectivity index (χ1n) is 8.57. The molecular formula is C19H20N2O5. The van der Waals surface area contributed by atoms with Crippen LogP contribution in [0, 0.1) is 16.0 Å². The third-order valence-corrected chi connectivity index (χ3v) is 4.80. The van der Waals surface area contributed by atoms with Crippen LogP contribution in [0.4, 0.5) is 5.69 Å². The molecule has 7 nitrogen and oxygen atoms in total. The molecule has 1 aliphatic heterocycles. The zero-order valence-electron chi connectivity index (χ0n) is 14.5. The topological polar surface area (TPSA) is 98.5 Å². The van der Waals surface area contributed by atoms with Gasteiger partial charge < -0.3 is 10.1 Å². The maximum atomic E-state index is 12.7. The number of nitrogens with one attached hydrogen (secondary N) is 1. The van der Waals surface area contributed by atoms with Crippen molar-refractivity contribution in [2.24, 2.45) is 5.92 Å². The second-order valence-electron chi connectivity index (χ2n) is 6.34. The summed E-state index contributed by atoms with van der Waals surface area (Å²) >= 11 is 0. The Kier molecular flexibility index (Phi) is 4.88. The summed E-state index contributed by atoms with van der Waals surface area (Å²) < 4.78 is 5.18. The quantitative estimate of drug-likeness (QED) is 0.506. The molecule has 7 heteroatoms. The van der Waals surface area contributed by atoms with Crippen molar-refractivity contribution in [3.63, 3.8) is 0 Å². The standard InChI is InChI=1S/C19H20N2O5/c1-3-26-19(23)16-11(2)20-13-8-6-10-15(22)18(13)17(16)12-7-4-5-9-14(12)21(24)25/h4-5,7,9,16-17,20H,2-3,6,8,10H2,1H3. The average molecular weight is 356 g/mol. The highest BCUT2D eigenvalue weighted by Crippen LogP contribution is 2.46. The molecule has 0 fully saturated rings. The number of carbonyl (C=O) groups is 2. The summed E-state index contributed by atoms with van der Waals surface area (Å²) in [4.78, 5) is 36.4. The Morgan fingerprint density at radius 1 is 1.38 bits per heavy atom. The van der Waals surface area contributed by atoms with Gasteiger partial charge in [-0.15, -0.1) is 0 Å². The van der Waals surface area contributed by atoms with Gasteiger partial charge in [0.25, 0.3) is 5.69 Å². The lowest BCUT2D eigenvalue weighted by atomic mass is 9.71. The molecule has 2 unspecified atom stereocenters. The number of ether oxygens (including phenoxy) is 1. The summed E-state index contributed by atoms with van der Waals surface area (Å²) in [7, 11) is 0. The summed E-state index contributed by atoms with van der Waals surface area (Å²) in [5.74, 6) is -2.30. The minimum Gasteiger partial charge on any atom is -0.465 e. The number of esters is 1. The SMILES string of the molecule is C=C1NC2=C(C(=O)CCC2)C(c2ccccc2[N+](=O)[O-])C1C(=O)OCC. The smallest absolute Gasteiger partial charge is 0.315 e. The van der Waals surface area contributed by atoms with Gasteiger partial charge in [0.15, 0.2) is 5.78 Å². The number of rotatable bonds is 4. The van der Waals surface area contributed by atoms with Gasteiger partial charge in [-0.3, -0.25) is 19.7 Å². The largest absolute Gasteiger partial charge is 0.465 e. The lowest BCUT2D eigenvalue weighted by Gasteiger charge is -2.37. The molecule has 0 radical (unpaired) electrons. The molecule has 0 saturated carbocycles. The Hall–Kier alpha value is -2.96. The number of ketones is 1. The van der Waals surface area contributed by atoms with Crippen molar-refractivity contribution in [2.75, 3.05) is 6.61 Å². The Balaban J connectivity index is 2.23. The van der Waals surface area contributed by atoms with Crippen LogP contribution in [0.5, 0.6) is 0 Å². The summed E-state index contributed by atoms with van der Waals surface area (Å²) in [6.07, 6.45) is 1.71. The summed E-state index contributed by atoms with van der Waals surface area (Å²) in [5, 5.41) is 14.6. The molecule has 3 rings (SSSR count). The van der Waals surface area contributed by atoms with E-state index < -0.39 is 22.7 Å². The van der Waals surface area contributed by atoms with E-state index in [1.54, 1.807) is 25.1 Å². The van der Waals surface area contributed by atoms with Crippen molar-refractivity contribution in [1.29, 1.82) is 0 Å². The number of hydrogen-bond acceptors (Lipinski definition) is 6. The lowest BCUT2D eigenvalue weighted by Crippen LogP contribution is -2.41. The first-order valence-corrected chi connectivity index (χ1v) is 8.57. The van der Waals surface area contributed by atoms with Gasteiger partial charge in [0.05, 0.1) is 11.5 Å². The molecule has 1 N–H and O–H groups in total. The predicted octanol–water partition coefficient (Wildman–Crippen LogP) is 2.98. The fourth-order valence-electron chi connectivity index (χ4n) is 3.76. The van der Waals surface area contributed by atoms with Crippen LogP contribution in [0.2, 0.25) is 0 Å². The number of hydrogen-bond donors (Lipinski definition) is 1. The second kappa shape index (κ2) is 7.11. The highest BCUT2D eigenvalue weighted by Gasteiger charge is 2.45. The Bertz CT molecular complexity index is 827. The molecule has 0 saturated heterocycles. The van der Waals surface area contributed by atoms with Gasteiger partial charge in [0, 0.05) is 40.9 Å². The van der Waals surface area contributed by atoms with E-state index in [1.807, 2.05) is 0 Å².